The van der Waals surface area contributed by atoms with Crippen LogP contribution in [0.4, 0.5) is 5.82 Å². The van der Waals surface area contributed by atoms with Gasteiger partial charge in [0.15, 0.2) is 10.8 Å². The third-order valence-electron chi connectivity index (χ3n) is 2.93. The van der Waals surface area contributed by atoms with Crippen LogP contribution in [-0.4, -0.2) is 21.5 Å². The molecule has 100 valence electrons. The van der Waals surface area contributed by atoms with Gasteiger partial charge >= 0.3 is 0 Å². The Bertz CT molecular complexity index is 594. The van der Waals surface area contributed by atoms with Gasteiger partial charge in [-0.2, -0.15) is 11.8 Å². The Morgan fingerprint density at radius 2 is 2.16 bits per heavy atom. The van der Waals surface area contributed by atoms with E-state index >= 15 is 0 Å². The molecule has 2 aromatic heterocycles. The molecule has 19 heavy (non-hydrogen) atoms. The number of anilines is 1. The highest BCUT2D eigenvalue weighted by molar-refractivity contribution is 7.98. The number of nitrogens with one attached hydrogen (secondary N) is 1. The molecule has 3 rings (SSSR count). The molecule has 0 spiro atoms. The lowest BCUT2D eigenvalue weighted by molar-refractivity contribution is 0.954. The summed E-state index contributed by atoms with van der Waals surface area (Å²) in [6.45, 7) is 5.11. The molecule has 0 amide bonds. The smallest absolute Gasteiger partial charge is 0.190 e. The van der Waals surface area contributed by atoms with Crippen molar-refractivity contribution in [3.63, 3.8) is 0 Å². The van der Waals surface area contributed by atoms with Crippen molar-refractivity contribution in [3.05, 3.63) is 22.3 Å². The number of thiazole rings is 1. The Hall–Kier alpha value is -1.14. The van der Waals surface area contributed by atoms with Crippen LogP contribution in [0.2, 0.25) is 0 Å². The van der Waals surface area contributed by atoms with Crippen LogP contribution in [-0.2, 0) is 11.5 Å². The molecule has 0 bridgehead atoms. The van der Waals surface area contributed by atoms with Crippen molar-refractivity contribution < 1.29 is 0 Å². The minimum Gasteiger partial charge on any atom is -0.370 e. The molecule has 4 nitrogen and oxygen atoms in total. The van der Waals surface area contributed by atoms with Crippen LogP contribution in [0, 0.1) is 6.92 Å². The fourth-order valence-corrected chi connectivity index (χ4v) is 3.76. The number of hydrogen-bond donors (Lipinski definition) is 1. The van der Waals surface area contributed by atoms with Crippen LogP contribution in [0.5, 0.6) is 0 Å². The van der Waals surface area contributed by atoms with Crippen LogP contribution in [0.15, 0.2) is 5.38 Å². The van der Waals surface area contributed by atoms with Gasteiger partial charge in [-0.15, -0.1) is 11.3 Å². The molecule has 1 aliphatic heterocycles. The van der Waals surface area contributed by atoms with Gasteiger partial charge in [0.1, 0.15) is 5.82 Å². The van der Waals surface area contributed by atoms with Crippen molar-refractivity contribution in [2.45, 2.75) is 31.8 Å². The standard InChI is InChI=1S/C13H16N4S2/c1-3-4-14-11-9-6-18-7-10(9)16-12(17-11)13-15-8(2)5-19-13/h5H,3-4,6-7H2,1-2H3,(H,14,16,17). The summed E-state index contributed by atoms with van der Waals surface area (Å²) in [4.78, 5) is 13.8. The van der Waals surface area contributed by atoms with Gasteiger partial charge in [0, 0.05) is 34.7 Å². The summed E-state index contributed by atoms with van der Waals surface area (Å²) in [5, 5.41) is 6.38. The highest BCUT2D eigenvalue weighted by Crippen LogP contribution is 2.34. The average Bonchev–Trinajstić information content (AvgIpc) is 3.03. The Morgan fingerprint density at radius 1 is 1.26 bits per heavy atom. The summed E-state index contributed by atoms with van der Waals surface area (Å²) < 4.78 is 0. The normalized spacial score (nSPS) is 13.6. The van der Waals surface area contributed by atoms with E-state index in [1.807, 2.05) is 24.1 Å². The third kappa shape index (κ3) is 2.60. The van der Waals surface area contributed by atoms with E-state index in [1.54, 1.807) is 11.3 Å². The van der Waals surface area contributed by atoms with E-state index < -0.39 is 0 Å². The predicted molar refractivity (Wildman–Crippen MR) is 81.7 cm³/mol. The molecule has 1 aliphatic rings. The minimum atomic E-state index is 0.762. The molecule has 0 saturated carbocycles. The average molecular weight is 292 g/mol. The Balaban J connectivity index is 2.02. The maximum atomic E-state index is 4.68. The van der Waals surface area contributed by atoms with Gasteiger partial charge in [-0.1, -0.05) is 6.92 Å². The summed E-state index contributed by atoms with van der Waals surface area (Å²) in [6, 6.07) is 0. The second-order valence-corrected chi connectivity index (χ2v) is 6.38. The van der Waals surface area contributed by atoms with Crippen molar-refractivity contribution in [2.75, 3.05) is 11.9 Å². The topological polar surface area (TPSA) is 50.7 Å². The number of fused-ring (bicyclic) bond motifs is 1. The number of aromatic nitrogens is 3. The van der Waals surface area contributed by atoms with Crippen molar-refractivity contribution in [2.24, 2.45) is 0 Å². The summed E-state index contributed by atoms with van der Waals surface area (Å²) in [6.07, 6.45) is 1.09. The van der Waals surface area contributed by atoms with Gasteiger partial charge in [0.05, 0.1) is 5.69 Å². The van der Waals surface area contributed by atoms with E-state index in [2.05, 4.69) is 27.2 Å². The Labute approximate surface area is 121 Å². The Kier molecular flexibility index (Phi) is 3.70. The maximum Gasteiger partial charge on any atom is 0.190 e. The van der Waals surface area contributed by atoms with Crippen LogP contribution >= 0.6 is 23.1 Å². The molecule has 0 saturated heterocycles. The summed E-state index contributed by atoms with van der Waals surface area (Å²) in [5.41, 5.74) is 3.47. The van der Waals surface area contributed by atoms with E-state index in [0.29, 0.717) is 0 Å². The molecular weight excluding hydrogens is 276 g/mol. The fourth-order valence-electron chi connectivity index (χ4n) is 1.99. The third-order valence-corrected chi connectivity index (χ3v) is 4.86. The van der Waals surface area contributed by atoms with E-state index in [-0.39, 0.29) is 0 Å². The molecule has 0 atom stereocenters. The molecular formula is C13H16N4S2. The second kappa shape index (κ2) is 5.46. The zero-order valence-corrected chi connectivity index (χ0v) is 12.7. The highest BCUT2D eigenvalue weighted by Gasteiger charge is 2.21. The Morgan fingerprint density at radius 3 is 2.89 bits per heavy atom. The monoisotopic (exact) mass is 292 g/mol. The zero-order chi connectivity index (χ0) is 13.2. The van der Waals surface area contributed by atoms with Crippen molar-refractivity contribution >= 4 is 28.9 Å². The van der Waals surface area contributed by atoms with Crippen LogP contribution in [0.3, 0.4) is 0 Å². The lowest BCUT2D eigenvalue weighted by Gasteiger charge is -2.10. The fraction of sp³-hybridized carbons (Fsp3) is 0.462. The largest absolute Gasteiger partial charge is 0.370 e. The van der Waals surface area contributed by atoms with Gasteiger partial charge in [0.25, 0.3) is 0 Å². The van der Waals surface area contributed by atoms with E-state index in [1.165, 1.54) is 11.3 Å². The molecule has 3 heterocycles. The molecule has 0 radical (unpaired) electrons. The number of rotatable bonds is 4. The van der Waals surface area contributed by atoms with Gasteiger partial charge in [-0.25, -0.2) is 15.0 Å². The molecule has 0 aliphatic carbocycles. The van der Waals surface area contributed by atoms with E-state index in [9.17, 15) is 0 Å². The predicted octanol–water partition coefficient (Wildman–Crippen LogP) is 3.48. The number of aryl methyl sites for hydroxylation is 1. The quantitative estimate of drug-likeness (QED) is 0.935. The first-order valence-corrected chi connectivity index (χ1v) is 8.45. The van der Waals surface area contributed by atoms with Crippen molar-refractivity contribution in [1.82, 2.24) is 15.0 Å². The van der Waals surface area contributed by atoms with Crippen LogP contribution in [0.1, 0.15) is 30.3 Å². The first kappa shape index (κ1) is 12.9. The number of nitrogens with zero attached hydrogens (tertiary/aromatic N) is 3. The van der Waals surface area contributed by atoms with Gasteiger partial charge in [-0.05, 0) is 13.3 Å². The second-order valence-electron chi connectivity index (χ2n) is 4.53. The van der Waals surface area contributed by atoms with E-state index in [0.717, 1.165) is 46.8 Å². The zero-order valence-electron chi connectivity index (χ0n) is 11.1. The lowest BCUT2D eigenvalue weighted by atomic mass is 10.2. The molecule has 0 unspecified atom stereocenters. The molecule has 1 N–H and O–H groups in total. The van der Waals surface area contributed by atoms with Crippen LogP contribution < -0.4 is 5.32 Å². The lowest BCUT2D eigenvalue weighted by Crippen LogP contribution is -2.08. The van der Waals surface area contributed by atoms with E-state index in [4.69, 9.17) is 0 Å². The van der Waals surface area contributed by atoms with Crippen LogP contribution in [0.25, 0.3) is 10.8 Å². The maximum absolute atomic E-state index is 4.68. The van der Waals surface area contributed by atoms with Crippen molar-refractivity contribution in [3.8, 4) is 10.8 Å². The van der Waals surface area contributed by atoms with Gasteiger partial charge in [-0.3, -0.25) is 0 Å². The summed E-state index contributed by atoms with van der Waals surface area (Å²) in [7, 11) is 0. The summed E-state index contributed by atoms with van der Waals surface area (Å²) >= 11 is 3.51. The van der Waals surface area contributed by atoms with Gasteiger partial charge < -0.3 is 5.32 Å². The number of thioether (sulfide) groups is 1. The minimum absolute atomic E-state index is 0.762. The molecule has 0 fully saturated rings. The summed E-state index contributed by atoms with van der Waals surface area (Å²) in [5.74, 6) is 3.76. The van der Waals surface area contributed by atoms with Crippen molar-refractivity contribution in [1.29, 1.82) is 0 Å². The highest BCUT2D eigenvalue weighted by atomic mass is 32.2. The first-order chi connectivity index (χ1) is 9.28. The number of hydrogen-bond acceptors (Lipinski definition) is 6. The SMILES string of the molecule is CCCNc1nc(-c2nc(C)cs2)nc2c1CSC2. The molecule has 0 aromatic carbocycles. The molecule has 6 heteroatoms. The first-order valence-electron chi connectivity index (χ1n) is 6.42. The van der Waals surface area contributed by atoms with Gasteiger partial charge in [0.2, 0.25) is 0 Å². The molecule has 2 aromatic rings.